The molecule has 0 heterocycles. The molecule has 1 amide bonds. The topological polar surface area (TPSA) is 105 Å². The van der Waals surface area contributed by atoms with Crippen molar-refractivity contribution in [1.29, 1.82) is 0 Å². The van der Waals surface area contributed by atoms with Crippen molar-refractivity contribution in [3.05, 3.63) is 36.5 Å². The number of phosphoric acid groups is 1. The summed E-state index contributed by atoms with van der Waals surface area (Å²) in [6.07, 6.45) is 28.3. The molecular weight excluding hydrogens is 551 g/mol. The molecule has 9 heteroatoms. The molecule has 0 bridgehead atoms. The minimum atomic E-state index is -4.31. The maximum Gasteiger partial charge on any atom is 0.472 e. The molecule has 0 saturated heterocycles. The van der Waals surface area contributed by atoms with E-state index in [1.165, 1.54) is 32.1 Å². The van der Waals surface area contributed by atoms with Gasteiger partial charge in [0.05, 0.1) is 39.9 Å². The second-order valence-corrected chi connectivity index (χ2v) is 13.6. The first-order valence-corrected chi connectivity index (χ1v) is 17.9. The first-order valence-electron chi connectivity index (χ1n) is 16.4. The summed E-state index contributed by atoms with van der Waals surface area (Å²) in [5.74, 6) is -0.204. The van der Waals surface area contributed by atoms with E-state index in [4.69, 9.17) is 9.05 Å². The molecule has 0 fully saturated rings. The van der Waals surface area contributed by atoms with E-state index in [9.17, 15) is 19.4 Å². The quantitative estimate of drug-likeness (QED) is 0.0362. The first-order chi connectivity index (χ1) is 20.0. The Kier molecular flexibility index (Phi) is 25.4. The van der Waals surface area contributed by atoms with E-state index in [1.54, 1.807) is 6.08 Å². The highest BCUT2D eigenvalue weighted by Crippen LogP contribution is 2.43. The van der Waals surface area contributed by atoms with Gasteiger partial charge in [-0.1, -0.05) is 102 Å². The number of quaternary nitrogens is 1. The Hall–Kier alpha value is -1.28. The SMILES string of the molecule is CCCC/C=C/C(O)C(COP(=O)(O)OCC[N+](C)(C)C)NC(=O)CCCCCCC/C=C\C/C=C\CCCCCC. The molecule has 8 nitrogen and oxygen atoms in total. The zero-order chi connectivity index (χ0) is 31.5. The van der Waals surface area contributed by atoms with Crippen molar-refractivity contribution in [1.82, 2.24) is 5.32 Å². The maximum atomic E-state index is 12.6. The van der Waals surface area contributed by atoms with E-state index in [0.29, 0.717) is 17.4 Å². The van der Waals surface area contributed by atoms with Crippen LogP contribution in [0.2, 0.25) is 0 Å². The molecule has 0 spiro atoms. The fourth-order valence-corrected chi connectivity index (χ4v) is 4.85. The molecule has 246 valence electrons. The smallest absolute Gasteiger partial charge is 0.387 e. The predicted octanol–water partition coefficient (Wildman–Crippen LogP) is 7.62. The van der Waals surface area contributed by atoms with Crippen molar-refractivity contribution >= 4 is 13.7 Å². The number of carbonyl (C=O) groups is 1. The van der Waals surface area contributed by atoms with Crippen LogP contribution in [0.1, 0.15) is 117 Å². The van der Waals surface area contributed by atoms with E-state index in [2.05, 4.69) is 43.5 Å². The second-order valence-electron chi connectivity index (χ2n) is 12.2. The Morgan fingerprint density at radius 1 is 0.810 bits per heavy atom. The molecule has 0 aliphatic carbocycles. The maximum absolute atomic E-state index is 12.6. The van der Waals surface area contributed by atoms with Crippen molar-refractivity contribution in [3.63, 3.8) is 0 Å². The van der Waals surface area contributed by atoms with Gasteiger partial charge in [-0.3, -0.25) is 13.8 Å². The molecule has 0 aliphatic rings. The van der Waals surface area contributed by atoms with Crippen molar-refractivity contribution in [3.8, 4) is 0 Å². The van der Waals surface area contributed by atoms with E-state index in [-0.39, 0.29) is 19.1 Å². The molecule has 42 heavy (non-hydrogen) atoms. The zero-order valence-electron chi connectivity index (χ0n) is 27.5. The Balaban J connectivity index is 4.36. The lowest BCUT2D eigenvalue weighted by atomic mass is 10.1. The van der Waals surface area contributed by atoms with Gasteiger partial charge in [-0.2, -0.15) is 0 Å². The largest absolute Gasteiger partial charge is 0.472 e. The summed E-state index contributed by atoms with van der Waals surface area (Å²) in [7, 11) is 1.55. The van der Waals surface area contributed by atoms with Crippen LogP contribution in [-0.2, 0) is 18.4 Å². The Labute approximate surface area is 257 Å². The summed E-state index contributed by atoms with van der Waals surface area (Å²) >= 11 is 0. The summed E-state index contributed by atoms with van der Waals surface area (Å²) in [6, 6.07) is -0.847. The first kappa shape index (κ1) is 40.7. The lowest BCUT2D eigenvalue weighted by molar-refractivity contribution is -0.870. The van der Waals surface area contributed by atoms with Crippen LogP contribution in [-0.4, -0.2) is 73.4 Å². The van der Waals surface area contributed by atoms with Crippen LogP contribution in [0.5, 0.6) is 0 Å². The summed E-state index contributed by atoms with van der Waals surface area (Å²) in [6.45, 7) is 4.59. The van der Waals surface area contributed by atoms with Gasteiger partial charge in [0.1, 0.15) is 13.2 Å². The Morgan fingerprint density at radius 3 is 2.00 bits per heavy atom. The lowest BCUT2D eigenvalue weighted by Gasteiger charge is -2.25. The van der Waals surface area contributed by atoms with Gasteiger partial charge < -0.3 is 19.8 Å². The van der Waals surface area contributed by atoms with Gasteiger partial charge in [0.2, 0.25) is 5.91 Å². The highest BCUT2D eigenvalue weighted by Gasteiger charge is 2.27. The lowest BCUT2D eigenvalue weighted by Crippen LogP contribution is -2.45. The Morgan fingerprint density at radius 2 is 1.38 bits per heavy atom. The number of nitrogens with one attached hydrogen (secondary N) is 1. The van der Waals surface area contributed by atoms with Crippen LogP contribution < -0.4 is 5.32 Å². The van der Waals surface area contributed by atoms with Crippen molar-refractivity contribution in [2.45, 2.75) is 129 Å². The number of amides is 1. The molecule has 3 N–H and O–H groups in total. The number of hydrogen-bond acceptors (Lipinski definition) is 5. The second kappa shape index (κ2) is 26.2. The number of aliphatic hydroxyl groups excluding tert-OH is 1. The molecule has 0 aromatic carbocycles. The van der Waals surface area contributed by atoms with Gasteiger partial charge in [0.25, 0.3) is 0 Å². The molecule has 0 aliphatic heterocycles. The predicted molar refractivity (Wildman–Crippen MR) is 175 cm³/mol. The van der Waals surface area contributed by atoms with Crippen LogP contribution in [0, 0.1) is 0 Å². The monoisotopic (exact) mass is 615 g/mol. The van der Waals surface area contributed by atoms with Crippen LogP contribution in [0.25, 0.3) is 0 Å². The summed E-state index contributed by atoms with van der Waals surface area (Å²) in [4.78, 5) is 22.7. The molecule has 3 atom stereocenters. The summed E-state index contributed by atoms with van der Waals surface area (Å²) in [5, 5.41) is 13.4. The molecule has 0 aromatic heterocycles. The average molecular weight is 616 g/mol. The zero-order valence-corrected chi connectivity index (χ0v) is 28.4. The van der Waals surface area contributed by atoms with E-state index in [0.717, 1.165) is 64.2 Å². The van der Waals surface area contributed by atoms with E-state index in [1.807, 2.05) is 27.2 Å². The number of likely N-dealkylation sites (N-methyl/N-ethyl adjacent to an activating group) is 1. The number of carbonyl (C=O) groups excluding carboxylic acids is 1. The minimum Gasteiger partial charge on any atom is -0.387 e. The van der Waals surface area contributed by atoms with Crippen LogP contribution in [0.4, 0.5) is 0 Å². The molecule has 3 unspecified atom stereocenters. The molecule has 0 aromatic rings. The standard InChI is InChI=1S/C33H63N2O6P/c1-6-8-10-12-13-14-15-16-17-18-19-20-21-22-23-25-27-33(37)34-31(32(36)26-24-11-9-7-2)30-41-42(38,39)40-29-28-35(3,4)5/h14-15,17-18,24,26,31-32,36H,6-13,16,19-23,25,27-30H2,1-5H3,(H-,34,37,38,39)/p+1/b15-14-,18-17-,26-24+. The fraction of sp³-hybridized carbons (Fsp3) is 0.788. The van der Waals surface area contributed by atoms with Gasteiger partial charge in [0, 0.05) is 6.42 Å². The molecular formula is C33H64N2O6P+. The summed E-state index contributed by atoms with van der Waals surface area (Å²) in [5.41, 5.74) is 0. The normalized spacial score (nSPS) is 15.5. The highest BCUT2D eigenvalue weighted by atomic mass is 31.2. The third-order valence-electron chi connectivity index (χ3n) is 6.85. The minimum absolute atomic E-state index is 0.0562. The number of nitrogens with zero attached hydrogens (tertiary/aromatic N) is 1. The highest BCUT2D eigenvalue weighted by molar-refractivity contribution is 7.47. The van der Waals surface area contributed by atoms with Crippen molar-refractivity contribution in [2.24, 2.45) is 0 Å². The van der Waals surface area contributed by atoms with Crippen LogP contribution in [0.3, 0.4) is 0 Å². The van der Waals surface area contributed by atoms with Gasteiger partial charge >= 0.3 is 7.82 Å². The summed E-state index contributed by atoms with van der Waals surface area (Å²) < 4.78 is 23.1. The van der Waals surface area contributed by atoms with Gasteiger partial charge in [-0.25, -0.2) is 4.57 Å². The number of unbranched alkanes of at least 4 members (excludes halogenated alkanes) is 11. The average Bonchev–Trinajstić information content (AvgIpc) is 2.92. The van der Waals surface area contributed by atoms with E-state index >= 15 is 0 Å². The van der Waals surface area contributed by atoms with Crippen LogP contribution >= 0.6 is 7.82 Å². The van der Waals surface area contributed by atoms with Gasteiger partial charge in [-0.05, 0) is 44.9 Å². The van der Waals surface area contributed by atoms with Gasteiger partial charge in [-0.15, -0.1) is 0 Å². The number of rotatable bonds is 28. The molecule has 0 saturated carbocycles. The number of aliphatic hydroxyl groups is 1. The number of allylic oxidation sites excluding steroid dienone is 5. The third-order valence-corrected chi connectivity index (χ3v) is 7.84. The van der Waals surface area contributed by atoms with Crippen molar-refractivity contribution in [2.75, 3.05) is 40.9 Å². The van der Waals surface area contributed by atoms with Gasteiger partial charge in [0.15, 0.2) is 0 Å². The number of hydrogen-bond donors (Lipinski definition) is 3. The Bertz CT molecular complexity index is 794. The van der Waals surface area contributed by atoms with Crippen LogP contribution in [0.15, 0.2) is 36.5 Å². The number of phosphoric ester groups is 1. The molecule has 0 radical (unpaired) electrons. The fourth-order valence-electron chi connectivity index (χ4n) is 4.11. The van der Waals surface area contributed by atoms with E-state index < -0.39 is 20.0 Å². The molecule has 0 rings (SSSR count). The third kappa shape index (κ3) is 27.5. The van der Waals surface area contributed by atoms with Crippen molar-refractivity contribution < 1.29 is 32.9 Å².